The highest BCUT2D eigenvalue weighted by atomic mass is 32.2. The number of aryl methyl sites for hydroxylation is 2. The molecule has 0 aliphatic heterocycles. The largest absolute Gasteiger partial charge is 0.707 e. The Balaban J connectivity index is 0.000000258. The van der Waals surface area contributed by atoms with Crippen LogP contribution < -0.4 is 9.82 Å². The first-order valence-electron chi connectivity index (χ1n) is 5.31. The zero-order valence-corrected chi connectivity index (χ0v) is 11.6. The summed E-state index contributed by atoms with van der Waals surface area (Å²) < 4.78 is 36.5. The molecule has 104 valence electrons. The van der Waals surface area contributed by atoms with Crippen molar-refractivity contribution in [2.24, 2.45) is 7.05 Å². The van der Waals surface area contributed by atoms with Gasteiger partial charge in [0.25, 0.3) is 10.1 Å². The number of halogens is 1. The maximum atomic E-state index is 12.9. The minimum absolute atomic E-state index is 0.184. The zero-order chi connectivity index (χ0) is 14.6. The van der Waals surface area contributed by atoms with E-state index in [0.717, 1.165) is 10.9 Å². The Morgan fingerprint density at radius 2 is 1.84 bits per heavy atom. The zero-order valence-electron chi connectivity index (χ0n) is 10.8. The Morgan fingerprint density at radius 3 is 2.37 bits per heavy atom. The standard InChI is InChI=1S/C11H11FN.CH4O4S/c1-8-3-4-9-7-10(12)5-6-11(9)13(8)2;1-6(3,4)5-2/h3-7H,1-2H3;2H,1H3/q+1;/p-1. The third-order valence-corrected chi connectivity index (χ3v) is 2.75. The molecule has 0 spiro atoms. The van der Waals surface area contributed by atoms with Gasteiger partial charge < -0.3 is 9.59 Å². The second kappa shape index (κ2) is 6.05. The first kappa shape index (κ1) is 15.5. The van der Waals surface area contributed by atoms with Gasteiger partial charge in [-0.25, -0.2) is 12.8 Å². The van der Waals surface area contributed by atoms with Crippen LogP contribution in [0.5, 0.6) is 0 Å². The normalized spacial score (nSPS) is 11.0. The van der Waals surface area contributed by atoms with Gasteiger partial charge in [0.05, 0.1) is 6.26 Å². The van der Waals surface area contributed by atoms with E-state index in [4.69, 9.17) is 5.26 Å². The van der Waals surface area contributed by atoms with Crippen LogP contribution in [0.25, 0.3) is 10.9 Å². The molecule has 7 heteroatoms. The van der Waals surface area contributed by atoms with Crippen molar-refractivity contribution in [1.29, 1.82) is 0 Å². The molecule has 5 nitrogen and oxygen atoms in total. The molecular weight excluding hydrogens is 273 g/mol. The molecule has 0 bridgehead atoms. The molecule has 0 saturated carbocycles. The third-order valence-electron chi connectivity index (χ3n) is 2.51. The van der Waals surface area contributed by atoms with Gasteiger partial charge in [-0.05, 0) is 18.2 Å². The van der Waals surface area contributed by atoms with Crippen LogP contribution in [0.4, 0.5) is 4.39 Å². The number of hydrogen-bond donors (Lipinski definition) is 0. The van der Waals surface area contributed by atoms with E-state index < -0.39 is 10.1 Å². The minimum atomic E-state index is -3.72. The molecule has 0 aliphatic rings. The van der Waals surface area contributed by atoms with Gasteiger partial charge in [0.1, 0.15) is 12.9 Å². The Bertz CT molecular complexity index is 685. The Hall–Kier alpha value is -1.57. The van der Waals surface area contributed by atoms with E-state index in [9.17, 15) is 12.8 Å². The van der Waals surface area contributed by atoms with Crippen molar-refractivity contribution in [2.75, 3.05) is 6.26 Å². The van der Waals surface area contributed by atoms with Crippen LogP contribution in [-0.2, 0) is 21.5 Å². The molecule has 1 aromatic heterocycles. The second-order valence-electron chi connectivity index (χ2n) is 4.01. The summed E-state index contributed by atoms with van der Waals surface area (Å²) in [6, 6.07) is 8.77. The minimum Gasteiger partial charge on any atom is -0.707 e. The predicted octanol–water partition coefficient (Wildman–Crippen LogP) is 0.350. The third kappa shape index (κ3) is 4.55. The highest BCUT2D eigenvalue weighted by molar-refractivity contribution is 7.85. The molecule has 0 fully saturated rings. The van der Waals surface area contributed by atoms with E-state index in [1.165, 1.54) is 11.8 Å². The second-order valence-corrected chi connectivity index (χ2v) is 5.55. The number of fused-ring (bicyclic) bond motifs is 1. The molecule has 0 N–H and O–H groups in total. The van der Waals surface area contributed by atoms with Crippen LogP contribution in [-0.4, -0.2) is 14.7 Å². The number of aromatic nitrogens is 1. The first-order chi connectivity index (χ1) is 8.74. The van der Waals surface area contributed by atoms with Crippen LogP contribution in [0.2, 0.25) is 0 Å². The van der Waals surface area contributed by atoms with E-state index in [1.54, 1.807) is 12.1 Å². The average molecular weight is 287 g/mol. The van der Waals surface area contributed by atoms with E-state index in [-0.39, 0.29) is 5.82 Å². The molecule has 0 atom stereocenters. The molecule has 0 aliphatic carbocycles. The summed E-state index contributed by atoms with van der Waals surface area (Å²) in [6.07, 6.45) is 0.681. The van der Waals surface area contributed by atoms with Gasteiger partial charge in [0.2, 0.25) is 5.52 Å². The molecule has 2 aromatic rings. The molecule has 1 aromatic carbocycles. The number of hydrogen-bond acceptors (Lipinski definition) is 4. The number of rotatable bonds is 1. The Morgan fingerprint density at radius 1 is 1.26 bits per heavy atom. The van der Waals surface area contributed by atoms with Gasteiger partial charge in [-0.3, -0.25) is 0 Å². The summed E-state index contributed by atoms with van der Waals surface area (Å²) >= 11 is 0. The highest BCUT2D eigenvalue weighted by Crippen LogP contribution is 2.11. The smallest absolute Gasteiger partial charge is 0.255 e. The van der Waals surface area contributed by atoms with Crippen LogP contribution >= 0.6 is 0 Å². The lowest BCUT2D eigenvalue weighted by Crippen LogP contribution is -2.32. The number of pyridine rings is 1. The maximum absolute atomic E-state index is 12.9. The van der Waals surface area contributed by atoms with Crippen LogP contribution in [0.1, 0.15) is 5.69 Å². The fraction of sp³-hybridized carbons (Fsp3) is 0.250. The molecule has 0 radical (unpaired) electrons. The van der Waals surface area contributed by atoms with E-state index >= 15 is 0 Å². The summed E-state index contributed by atoms with van der Waals surface area (Å²) in [5.41, 5.74) is 2.22. The van der Waals surface area contributed by atoms with E-state index in [0.29, 0.717) is 6.26 Å². The van der Waals surface area contributed by atoms with Crippen LogP contribution in [0, 0.1) is 12.7 Å². The van der Waals surface area contributed by atoms with E-state index in [2.05, 4.69) is 8.90 Å². The van der Waals surface area contributed by atoms with Gasteiger partial charge in [-0.1, -0.05) is 0 Å². The first-order valence-corrected chi connectivity index (χ1v) is 7.12. The summed E-state index contributed by atoms with van der Waals surface area (Å²) in [6.45, 7) is 2.03. The van der Waals surface area contributed by atoms with Crippen LogP contribution in [0.15, 0.2) is 30.3 Å². The SMILES string of the molecule is CS(=O)(=O)O[O-].Cc1ccc2cc(F)ccc2[n+]1C. The Kier molecular flexibility index (Phi) is 4.93. The quantitative estimate of drug-likeness (QED) is 0.431. The number of benzene rings is 1. The number of nitrogens with zero attached hydrogens (tertiary/aromatic N) is 1. The van der Waals surface area contributed by atoms with Gasteiger partial charge in [-0.15, -0.1) is 0 Å². The Labute approximate surface area is 110 Å². The lowest BCUT2D eigenvalue weighted by molar-refractivity contribution is -0.651. The van der Waals surface area contributed by atoms with Crippen molar-refractivity contribution in [3.05, 3.63) is 41.8 Å². The molecular formula is C12H14FNO4S. The summed E-state index contributed by atoms with van der Waals surface area (Å²) in [5, 5.41) is 9.80. The van der Waals surface area contributed by atoms with Crippen molar-refractivity contribution in [3.8, 4) is 0 Å². The molecule has 0 saturated heterocycles. The van der Waals surface area contributed by atoms with Gasteiger partial charge >= 0.3 is 0 Å². The van der Waals surface area contributed by atoms with Crippen molar-refractivity contribution in [1.82, 2.24) is 0 Å². The highest BCUT2D eigenvalue weighted by Gasteiger charge is 2.07. The topological polar surface area (TPSA) is 70.3 Å². The molecule has 0 amide bonds. The van der Waals surface area contributed by atoms with Crippen molar-refractivity contribution >= 4 is 21.0 Å². The van der Waals surface area contributed by atoms with Gasteiger partial charge in [-0.2, -0.15) is 4.57 Å². The predicted molar refractivity (Wildman–Crippen MR) is 65.7 cm³/mol. The van der Waals surface area contributed by atoms with Gasteiger partial charge in [0.15, 0.2) is 5.69 Å². The average Bonchev–Trinajstić information content (AvgIpc) is 2.34. The monoisotopic (exact) mass is 287 g/mol. The van der Waals surface area contributed by atoms with Crippen molar-refractivity contribution < 1.29 is 27.0 Å². The molecule has 19 heavy (non-hydrogen) atoms. The maximum Gasteiger partial charge on any atom is 0.255 e. The van der Waals surface area contributed by atoms with E-state index in [1.807, 2.05) is 26.1 Å². The fourth-order valence-corrected chi connectivity index (χ4v) is 1.48. The summed E-state index contributed by atoms with van der Waals surface area (Å²) in [7, 11) is -1.74. The molecule has 0 unspecified atom stereocenters. The molecule has 2 rings (SSSR count). The molecule has 1 heterocycles. The fourth-order valence-electron chi connectivity index (χ4n) is 1.48. The van der Waals surface area contributed by atoms with Gasteiger partial charge in [0, 0.05) is 24.4 Å². The summed E-state index contributed by atoms with van der Waals surface area (Å²) in [5.74, 6) is -0.184. The lowest BCUT2D eigenvalue weighted by atomic mass is 10.2. The lowest BCUT2D eigenvalue weighted by Gasteiger charge is -1.98. The van der Waals surface area contributed by atoms with Crippen molar-refractivity contribution in [3.63, 3.8) is 0 Å². The van der Waals surface area contributed by atoms with Crippen LogP contribution in [0.3, 0.4) is 0 Å². The summed E-state index contributed by atoms with van der Waals surface area (Å²) in [4.78, 5) is 0. The van der Waals surface area contributed by atoms with Crippen molar-refractivity contribution in [2.45, 2.75) is 6.92 Å².